The van der Waals surface area contributed by atoms with E-state index < -0.39 is 0 Å². The van der Waals surface area contributed by atoms with Crippen LogP contribution in [0.2, 0.25) is 0 Å². The van der Waals surface area contributed by atoms with E-state index in [0.717, 1.165) is 30.5 Å². The molecule has 0 atom stereocenters. The first kappa shape index (κ1) is 15.7. The zero-order chi connectivity index (χ0) is 16.4. The van der Waals surface area contributed by atoms with Crippen molar-refractivity contribution < 1.29 is 0 Å². The molecule has 1 saturated heterocycles. The van der Waals surface area contributed by atoms with Gasteiger partial charge in [-0.2, -0.15) is 5.10 Å². The molecule has 1 fully saturated rings. The lowest BCUT2D eigenvalue weighted by Gasteiger charge is -2.31. The molecule has 0 spiro atoms. The fraction of sp³-hybridized carbons (Fsp3) is 0.368. The van der Waals surface area contributed by atoms with Crippen LogP contribution >= 0.6 is 11.8 Å². The van der Waals surface area contributed by atoms with Gasteiger partial charge >= 0.3 is 0 Å². The molecular weight excluding hydrogens is 316 g/mol. The molecule has 4 rings (SSSR count). The van der Waals surface area contributed by atoms with Gasteiger partial charge in [-0.15, -0.1) is 11.8 Å². The molecule has 3 heterocycles. The lowest BCUT2D eigenvalue weighted by Crippen LogP contribution is -2.34. The first-order valence-corrected chi connectivity index (χ1v) is 9.39. The molecule has 24 heavy (non-hydrogen) atoms. The van der Waals surface area contributed by atoms with Gasteiger partial charge in [0.15, 0.2) is 5.65 Å². The zero-order valence-corrected chi connectivity index (χ0v) is 14.7. The van der Waals surface area contributed by atoms with E-state index in [4.69, 9.17) is 0 Å². The summed E-state index contributed by atoms with van der Waals surface area (Å²) in [6.45, 7) is 5.40. The van der Waals surface area contributed by atoms with E-state index in [-0.39, 0.29) is 0 Å². The smallest absolute Gasteiger partial charge is 0.159 e. The average molecular weight is 338 g/mol. The zero-order valence-electron chi connectivity index (χ0n) is 13.9. The van der Waals surface area contributed by atoms with Crippen molar-refractivity contribution in [3.63, 3.8) is 0 Å². The van der Waals surface area contributed by atoms with Crippen LogP contribution in [-0.4, -0.2) is 37.8 Å². The SMILES string of the molecule is Cc1cccc(SC2CCN(Cc3cnn4cccnc34)CC2)c1. The van der Waals surface area contributed by atoms with Gasteiger partial charge in [0, 0.05) is 34.6 Å². The molecule has 1 aromatic carbocycles. The van der Waals surface area contributed by atoms with E-state index in [9.17, 15) is 0 Å². The quantitative estimate of drug-likeness (QED) is 0.725. The Bertz CT molecular complexity index is 821. The van der Waals surface area contributed by atoms with Crippen molar-refractivity contribution in [1.82, 2.24) is 19.5 Å². The average Bonchev–Trinajstić information content (AvgIpc) is 3.00. The monoisotopic (exact) mass is 338 g/mol. The van der Waals surface area contributed by atoms with Crippen LogP contribution in [0.25, 0.3) is 5.65 Å². The Kier molecular flexibility index (Phi) is 4.54. The third-order valence-electron chi connectivity index (χ3n) is 4.57. The lowest BCUT2D eigenvalue weighted by atomic mass is 10.1. The maximum atomic E-state index is 4.46. The van der Waals surface area contributed by atoms with Crippen LogP contribution in [-0.2, 0) is 6.54 Å². The second kappa shape index (κ2) is 6.95. The van der Waals surface area contributed by atoms with Crippen molar-refractivity contribution >= 4 is 17.4 Å². The highest BCUT2D eigenvalue weighted by molar-refractivity contribution is 8.00. The number of fused-ring (bicyclic) bond motifs is 1. The number of likely N-dealkylation sites (tertiary alicyclic amines) is 1. The molecule has 0 bridgehead atoms. The molecule has 2 aromatic heterocycles. The molecule has 0 aliphatic carbocycles. The minimum atomic E-state index is 0.727. The maximum absolute atomic E-state index is 4.46. The highest BCUT2D eigenvalue weighted by Crippen LogP contribution is 2.31. The van der Waals surface area contributed by atoms with Crippen LogP contribution in [0.3, 0.4) is 0 Å². The molecule has 0 unspecified atom stereocenters. The Morgan fingerprint density at radius 3 is 2.92 bits per heavy atom. The number of aromatic nitrogens is 3. The summed E-state index contributed by atoms with van der Waals surface area (Å²) >= 11 is 2.04. The van der Waals surface area contributed by atoms with Gasteiger partial charge in [0.25, 0.3) is 0 Å². The first-order chi connectivity index (χ1) is 11.8. The minimum Gasteiger partial charge on any atom is -0.299 e. The van der Waals surface area contributed by atoms with E-state index in [1.807, 2.05) is 40.9 Å². The predicted molar refractivity (Wildman–Crippen MR) is 98.3 cm³/mol. The van der Waals surface area contributed by atoms with Gasteiger partial charge in [0.05, 0.1) is 6.20 Å². The Labute approximate surface area is 146 Å². The normalized spacial score (nSPS) is 16.7. The standard InChI is InChI=1S/C19H22N4S/c1-15-4-2-5-18(12-15)24-17-6-10-22(11-7-17)14-16-13-21-23-9-3-8-20-19(16)23/h2-5,8-9,12-13,17H,6-7,10-11,14H2,1H3. The van der Waals surface area contributed by atoms with Gasteiger partial charge in [0.1, 0.15) is 0 Å². The summed E-state index contributed by atoms with van der Waals surface area (Å²) in [7, 11) is 0. The summed E-state index contributed by atoms with van der Waals surface area (Å²) in [6, 6.07) is 10.8. The lowest BCUT2D eigenvalue weighted by molar-refractivity contribution is 0.225. The van der Waals surface area contributed by atoms with Gasteiger partial charge in [-0.3, -0.25) is 4.90 Å². The fourth-order valence-electron chi connectivity index (χ4n) is 3.30. The summed E-state index contributed by atoms with van der Waals surface area (Å²) in [4.78, 5) is 8.39. The van der Waals surface area contributed by atoms with Crippen LogP contribution in [0.1, 0.15) is 24.0 Å². The third kappa shape index (κ3) is 3.47. The molecule has 0 amide bonds. The van der Waals surface area contributed by atoms with Crippen molar-refractivity contribution in [1.29, 1.82) is 0 Å². The van der Waals surface area contributed by atoms with Crippen molar-refractivity contribution in [3.8, 4) is 0 Å². The largest absolute Gasteiger partial charge is 0.299 e. The van der Waals surface area contributed by atoms with Crippen molar-refractivity contribution in [2.75, 3.05) is 13.1 Å². The van der Waals surface area contributed by atoms with E-state index in [0.29, 0.717) is 0 Å². The van der Waals surface area contributed by atoms with Crippen LogP contribution < -0.4 is 0 Å². The van der Waals surface area contributed by atoms with E-state index in [2.05, 4.69) is 46.2 Å². The van der Waals surface area contributed by atoms with Gasteiger partial charge in [0.2, 0.25) is 0 Å². The van der Waals surface area contributed by atoms with Gasteiger partial charge < -0.3 is 0 Å². The Balaban J connectivity index is 1.34. The Morgan fingerprint density at radius 1 is 1.21 bits per heavy atom. The topological polar surface area (TPSA) is 33.4 Å². The molecule has 3 aromatic rings. The highest BCUT2D eigenvalue weighted by atomic mass is 32.2. The van der Waals surface area contributed by atoms with Crippen LogP contribution in [0.5, 0.6) is 0 Å². The Hall–Kier alpha value is -1.85. The molecular formula is C19H22N4S. The number of aryl methyl sites for hydroxylation is 1. The number of hydrogen-bond donors (Lipinski definition) is 0. The minimum absolute atomic E-state index is 0.727. The number of thioether (sulfide) groups is 1. The number of hydrogen-bond acceptors (Lipinski definition) is 4. The summed E-state index contributed by atoms with van der Waals surface area (Å²) in [5.41, 5.74) is 3.55. The molecule has 124 valence electrons. The van der Waals surface area contributed by atoms with Crippen molar-refractivity contribution in [3.05, 3.63) is 60.0 Å². The molecule has 0 radical (unpaired) electrons. The fourth-order valence-corrected chi connectivity index (χ4v) is 4.54. The molecule has 1 aliphatic heterocycles. The summed E-state index contributed by atoms with van der Waals surface area (Å²) in [6.07, 6.45) is 8.23. The van der Waals surface area contributed by atoms with Crippen LogP contribution in [0, 0.1) is 6.92 Å². The number of rotatable bonds is 4. The summed E-state index contributed by atoms with van der Waals surface area (Å²) < 4.78 is 1.86. The second-order valence-electron chi connectivity index (χ2n) is 6.47. The molecule has 5 heteroatoms. The first-order valence-electron chi connectivity index (χ1n) is 8.51. The molecule has 1 aliphatic rings. The predicted octanol–water partition coefficient (Wildman–Crippen LogP) is 3.79. The van der Waals surface area contributed by atoms with Gasteiger partial charge in [-0.1, -0.05) is 17.7 Å². The molecule has 4 nitrogen and oxygen atoms in total. The maximum Gasteiger partial charge on any atom is 0.159 e. The van der Waals surface area contributed by atoms with Crippen LogP contribution in [0.4, 0.5) is 0 Å². The van der Waals surface area contributed by atoms with Crippen molar-refractivity contribution in [2.45, 2.75) is 36.5 Å². The third-order valence-corrected chi connectivity index (χ3v) is 5.90. The highest BCUT2D eigenvalue weighted by Gasteiger charge is 2.21. The van der Waals surface area contributed by atoms with E-state index >= 15 is 0 Å². The number of piperidine rings is 1. The van der Waals surface area contributed by atoms with Gasteiger partial charge in [-0.05, 0) is 51.1 Å². The Morgan fingerprint density at radius 2 is 2.08 bits per heavy atom. The summed E-state index contributed by atoms with van der Waals surface area (Å²) in [5.74, 6) is 0. The molecule has 0 N–H and O–H groups in total. The second-order valence-corrected chi connectivity index (χ2v) is 7.84. The number of nitrogens with zero attached hydrogens (tertiary/aromatic N) is 4. The van der Waals surface area contributed by atoms with Crippen LogP contribution in [0.15, 0.2) is 53.8 Å². The number of benzene rings is 1. The van der Waals surface area contributed by atoms with E-state index in [1.54, 1.807) is 0 Å². The molecule has 0 saturated carbocycles. The van der Waals surface area contributed by atoms with Crippen molar-refractivity contribution in [2.24, 2.45) is 0 Å². The summed E-state index contributed by atoms with van der Waals surface area (Å²) in [5, 5.41) is 5.11. The van der Waals surface area contributed by atoms with E-state index in [1.165, 1.54) is 28.9 Å². The van der Waals surface area contributed by atoms with Gasteiger partial charge in [-0.25, -0.2) is 9.50 Å².